The molecule has 19 heavy (non-hydrogen) atoms. The van der Waals surface area contributed by atoms with E-state index in [1.54, 1.807) is 0 Å². The van der Waals surface area contributed by atoms with E-state index in [1.165, 1.54) is 10.6 Å². The molecule has 0 rings (SSSR count). The van der Waals surface area contributed by atoms with Gasteiger partial charge in [0.1, 0.15) is 5.88 Å². The van der Waals surface area contributed by atoms with Gasteiger partial charge >= 0.3 is 30.2 Å². The molecule has 0 aromatic heterocycles. The number of imide groups is 2. The third kappa shape index (κ3) is 51.0. The van der Waals surface area contributed by atoms with Crippen LogP contribution in [0.2, 0.25) is 0 Å². The number of nitrogens with two attached hydrogens (primary N) is 2. The molecule has 0 saturated heterocycles. The van der Waals surface area contributed by atoms with Gasteiger partial charge in [-0.05, 0) is 0 Å². The SMILES string of the molecule is NC(=O)NC(=O)O.NC(=O)NC(=O)O.O=C(O)CCl. The first kappa shape index (κ1) is 21.5. The molecule has 110 valence electrons. The number of aliphatic carboxylic acids is 1. The van der Waals surface area contributed by atoms with Crippen LogP contribution >= 0.6 is 11.6 Å². The van der Waals surface area contributed by atoms with Crippen molar-refractivity contribution in [2.45, 2.75) is 0 Å². The zero-order valence-corrected chi connectivity index (χ0v) is 9.88. The van der Waals surface area contributed by atoms with Gasteiger partial charge in [-0.25, -0.2) is 29.8 Å². The zero-order valence-electron chi connectivity index (χ0n) is 9.12. The van der Waals surface area contributed by atoms with Gasteiger partial charge in [0.2, 0.25) is 0 Å². The average Bonchev–Trinajstić information content (AvgIpc) is 2.14. The highest BCUT2D eigenvalue weighted by Crippen LogP contribution is 1.67. The maximum atomic E-state index is 9.54. The predicted octanol–water partition coefficient (Wildman–Crippen LogP) is -1.02. The minimum Gasteiger partial charge on any atom is -0.480 e. The van der Waals surface area contributed by atoms with Crippen molar-refractivity contribution in [3.8, 4) is 0 Å². The van der Waals surface area contributed by atoms with E-state index >= 15 is 0 Å². The van der Waals surface area contributed by atoms with Crippen molar-refractivity contribution < 1.29 is 39.3 Å². The monoisotopic (exact) mass is 302 g/mol. The molecular weight excluding hydrogens is 292 g/mol. The lowest BCUT2D eigenvalue weighted by atomic mass is 10.8. The van der Waals surface area contributed by atoms with Crippen LogP contribution in [0, 0.1) is 0 Å². The summed E-state index contributed by atoms with van der Waals surface area (Å²) in [4.78, 5) is 47.1. The topological polar surface area (TPSA) is 222 Å². The number of urea groups is 2. The van der Waals surface area contributed by atoms with E-state index in [0.29, 0.717) is 0 Å². The van der Waals surface area contributed by atoms with Gasteiger partial charge in [0.25, 0.3) is 0 Å². The van der Waals surface area contributed by atoms with Gasteiger partial charge in [-0.1, -0.05) is 0 Å². The standard InChI is InChI=1S/C2H3ClO2.2C2H4N2O3/c3-1-2(4)5;2*3-1(5)4-2(6)7/h1H2,(H,4,5);2*(H,6,7)(H3,3,4,5). The summed E-state index contributed by atoms with van der Waals surface area (Å²) in [6, 6.07) is -2.13. The van der Waals surface area contributed by atoms with Gasteiger partial charge in [0, 0.05) is 0 Å². The summed E-state index contributed by atoms with van der Waals surface area (Å²) < 4.78 is 0. The Hall–Kier alpha value is -2.76. The molecular formula is C6H11ClN4O8. The van der Waals surface area contributed by atoms with Gasteiger partial charge in [0.15, 0.2) is 0 Å². The van der Waals surface area contributed by atoms with Crippen molar-refractivity contribution in [3.05, 3.63) is 0 Å². The lowest BCUT2D eigenvalue weighted by Crippen LogP contribution is -2.33. The minimum absolute atomic E-state index is 0.306. The highest BCUT2D eigenvalue weighted by molar-refractivity contribution is 6.26. The lowest BCUT2D eigenvalue weighted by Gasteiger charge is -1.86. The maximum absolute atomic E-state index is 9.54. The van der Waals surface area contributed by atoms with Crippen LogP contribution < -0.4 is 22.1 Å². The van der Waals surface area contributed by atoms with Crippen molar-refractivity contribution >= 4 is 41.8 Å². The summed E-state index contributed by atoms with van der Waals surface area (Å²) in [7, 11) is 0. The van der Waals surface area contributed by atoms with E-state index in [-0.39, 0.29) is 5.88 Å². The molecule has 0 aliphatic heterocycles. The summed E-state index contributed by atoms with van der Waals surface area (Å²) in [5, 5.41) is 25.7. The normalized spacial score (nSPS) is 7.42. The molecule has 0 radical (unpaired) electrons. The summed E-state index contributed by atoms with van der Waals surface area (Å²) in [6.07, 6.45) is -2.87. The average molecular weight is 303 g/mol. The fraction of sp³-hybridized carbons (Fsp3) is 0.167. The van der Waals surface area contributed by atoms with E-state index in [9.17, 15) is 24.0 Å². The Balaban J connectivity index is -0.000000206. The highest BCUT2D eigenvalue weighted by atomic mass is 35.5. The number of carbonyl (C=O) groups excluding carboxylic acids is 2. The molecule has 0 aromatic rings. The molecule has 0 aromatic carbocycles. The Morgan fingerprint density at radius 3 is 1.05 bits per heavy atom. The molecule has 9 N–H and O–H groups in total. The first-order chi connectivity index (χ1) is 8.52. The number of amides is 6. The van der Waals surface area contributed by atoms with Gasteiger partial charge < -0.3 is 26.8 Å². The molecule has 0 unspecified atom stereocenters. The highest BCUT2D eigenvalue weighted by Gasteiger charge is 1.95. The summed E-state index contributed by atoms with van der Waals surface area (Å²) in [5.74, 6) is -1.29. The Bertz CT molecular complexity index is 296. The Morgan fingerprint density at radius 1 is 0.842 bits per heavy atom. The van der Waals surface area contributed by atoms with Crippen molar-refractivity contribution in [2.75, 3.05) is 5.88 Å². The zero-order chi connectivity index (χ0) is 16.0. The van der Waals surface area contributed by atoms with Crippen molar-refractivity contribution in [1.29, 1.82) is 0 Å². The molecule has 0 fully saturated rings. The van der Waals surface area contributed by atoms with Crippen LogP contribution in [0.1, 0.15) is 0 Å². The summed E-state index contributed by atoms with van der Waals surface area (Å²) in [5.41, 5.74) is 8.72. The lowest BCUT2D eigenvalue weighted by molar-refractivity contribution is -0.134. The Morgan fingerprint density at radius 2 is 1.05 bits per heavy atom. The van der Waals surface area contributed by atoms with Gasteiger partial charge in [-0.2, -0.15) is 0 Å². The van der Waals surface area contributed by atoms with E-state index in [0.717, 1.165) is 0 Å². The number of carboxylic acid groups (broad SMARTS) is 3. The molecule has 13 heteroatoms. The van der Waals surface area contributed by atoms with Crippen LogP contribution in [-0.2, 0) is 4.79 Å². The molecule has 12 nitrogen and oxygen atoms in total. The molecule has 0 spiro atoms. The molecule has 6 amide bonds. The van der Waals surface area contributed by atoms with Crippen LogP contribution in [-0.4, -0.2) is 51.4 Å². The molecule has 0 aliphatic rings. The second-order valence-corrected chi connectivity index (χ2v) is 2.38. The van der Waals surface area contributed by atoms with Gasteiger partial charge in [0.05, 0.1) is 0 Å². The first-order valence-electron chi connectivity index (χ1n) is 3.89. The van der Waals surface area contributed by atoms with Crippen molar-refractivity contribution in [3.63, 3.8) is 0 Å². The predicted molar refractivity (Wildman–Crippen MR) is 59.8 cm³/mol. The van der Waals surface area contributed by atoms with Crippen LogP contribution in [0.5, 0.6) is 0 Å². The largest absolute Gasteiger partial charge is 0.480 e. The Kier molecular flexibility index (Phi) is 15.1. The fourth-order valence-electron chi connectivity index (χ4n) is 0.211. The van der Waals surface area contributed by atoms with E-state index in [1.807, 2.05) is 0 Å². The smallest absolute Gasteiger partial charge is 0.412 e. The number of carbonyl (C=O) groups is 5. The fourth-order valence-corrected chi connectivity index (χ4v) is 0.211. The number of rotatable bonds is 1. The van der Waals surface area contributed by atoms with Crippen LogP contribution in [0.4, 0.5) is 19.2 Å². The molecule has 0 bridgehead atoms. The number of nitrogens with one attached hydrogen (secondary N) is 2. The number of carboxylic acids is 1. The number of hydrogen-bond acceptors (Lipinski definition) is 5. The molecule has 0 saturated carbocycles. The molecule has 0 aliphatic carbocycles. The quantitative estimate of drug-likeness (QED) is 0.296. The first-order valence-corrected chi connectivity index (χ1v) is 4.42. The van der Waals surface area contributed by atoms with Crippen molar-refractivity contribution in [1.82, 2.24) is 10.6 Å². The van der Waals surface area contributed by atoms with Crippen LogP contribution in [0.25, 0.3) is 0 Å². The minimum atomic E-state index is -1.44. The second-order valence-electron chi connectivity index (χ2n) is 2.12. The third-order valence-electron chi connectivity index (χ3n) is 0.575. The Labute approximate surface area is 110 Å². The number of alkyl halides is 1. The van der Waals surface area contributed by atoms with Gasteiger partial charge in [-0.3, -0.25) is 4.79 Å². The molecule has 0 heterocycles. The van der Waals surface area contributed by atoms with Crippen LogP contribution in [0.3, 0.4) is 0 Å². The number of primary amides is 2. The third-order valence-corrected chi connectivity index (χ3v) is 0.803. The van der Waals surface area contributed by atoms with E-state index in [2.05, 4.69) is 11.5 Å². The van der Waals surface area contributed by atoms with Gasteiger partial charge in [-0.15, -0.1) is 11.6 Å². The second kappa shape index (κ2) is 13.3. The maximum Gasteiger partial charge on any atom is 0.412 e. The van der Waals surface area contributed by atoms with E-state index < -0.39 is 30.2 Å². The molecule has 0 atom stereocenters. The summed E-state index contributed by atoms with van der Waals surface area (Å²) >= 11 is 4.74. The summed E-state index contributed by atoms with van der Waals surface area (Å²) in [6.45, 7) is 0. The van der Waals surface area contributed by atoms with Crippen LogP contribution in [0.15, 0.2) is 0 Å². The number of halogens is 1. The number of hydrogen-bond donors (Lipinski definition) is 7. The van der Waals surface area contributed by atoms with Crippen molar-refractivity contribution in [2.24, 2.45) is 11.5 Å². The van der Waals surface area contributed by atoms with E-state index in [4.69, 9.17) is 26.9 Å².